The van der Waals surface area contributed by atoms with Crippen molar-refractivity contribution in [1.29, 1.82) is 0 Å². The fourth-order valence-corrected chi connectivity index (χ4v) is 7.38. The third-order valence-corrected chi connectivity index (χ3v) is 9.96. The molecular weight excluding hydrogens is 520 g/mol. The Kier molecular flexibility index (Phi) is 28.0. The summed E-state index contributed by atoms with van der Waals surface area (Å²) in [7, 11) is 0. The lowest BCUT2D eigenvalue weighted by atomic mass is 9.58. The van der Waals surface area contributed by atoms with Crippen molar-refractivity contribution in [1.82, 2.24) is 0 Å². The summed E-state index contributed by atoms with van der Waals surface area (Å²) in [5.74, 6) is -1.12. The Bertz CT molecular complexity index is 582. The van der Waals surface area contributed by atoms with Crippen LogP contribution in [0.4, 0.5) is 0 Å². The van der Waals surface area contributed by atoms with Gasteiger partial charge < -0.3 is 10.2 Å². The zero-order valence-corrected chi connectivity index (χ0v) is 28.9. The maximum Gasteiger partial charge on any atom is 0.310 e. The van der Waals surface area contributed by atoms with Crippen LogP contribution in [0.5, 0.6) is 0 Å². The summed E-state index contributed by atoms with van der Waals surface area (Å²) in [6.07, 6.45) is 31.7. The van der Waals surface area contributed by atoms with Gasteiger partial charge in [0, 0.05) is 6.42 Å². The van der Waals surface area contributed by atoms with Crippen LogP contribution in [0.15, 0.2) is 0 Å². The number of rotatable bonds is 33. The molecule has 0 rings (SSSR count). The number of aliphatic carboxylic acids is 2. The van der Waals surface area contributed by atoms with E-state index in [2.05, 4.69) is 27.7 Å². The molecule has 0 aliphatic heterocycles. The van der Waals surface area contributed by atoms with Gasteiger partial charge in [-0.05, 0) is 50.4 Å². The van der Waals surface area contributed by atoms with E-state index in [0.29, 0.717) is 12.8 Å². The van der Waals surface area contributed by atoms with E-state index >= 15 is 0 Å². The molecule has 0 radical (unpaired) electrons. The van der Waals surface area contributed by atoms with Crippen LogP contribution >= 0.6 is 0 Å². The van der Waals surface area contributed by atoms with Crippen molar-refractivity contribution >= 4 is 11.9 Å². The predicted octanol–water partition coefficient (Wildman–Crippen LogP) is 12.8. The second-order valence-electron chi connectivity index (χ2n) is 13.5. The fraction of sp³-hybridized carbons (Fsp3) is 0.947. The topological polar surface area (TPSA) is 74.6 Å². The normalized spacial score (nSPS) is 14.5. The summed E-state index contributed by atoms with van der Waals surface area (Å²) in [6, 6.07) is 0. The Balaban J connectivity index is 6.11. The first-order chi connectivity index (χ1) is 20.4. The van der Waals surface area contributed by atoms with Crippen LogP contribution in [0, 0.1) is 17.3 Å². The molecule has 0 amide bonds. The molecule has 0 aromatic rings. The monoisotopic (exact) mass is 595 g/mol. The van der Waals surface area contributed by atoms with Crippen molar-refractivity contribution in [3.63, 3.8) is 0 Å². The molecule has 0 spiro atoms. The summed E-state index contributed by atoms with van der Waals surface area (Å²) < 4.78 is 0. The number of carboxylic acids is 2. The Morgan fingerprint density at radius 2 is 0.738 bits per heavy atom. The first kappa shape index (κ1) is 40.9. The smallest absolute Gasteiger partial charge is 0.310 e. The van der Waals surface area contributed by atoms with Crippen LogP contribution in [0.3, 0.4) is 0 Å². The predicted molar refractivity (Wildman–Crippen MR) is 181 cm³/mol. The van der Waals surface area contributed by atoms with Gasteiger partial charge in [0.15, 0.2) is 0 Å². The van der Waals surface area contributed by atoms with E-state index in [4.69, 9.17) is 0 Å². The van der Waals surface area contributed by atoms with Gasteiger partial charge in [-0.2, -0.15) is 0 Å². The molecule has 250 valence electrons. The van der Waals surface area contributed by atoms with E-state index < -0.39 is 17.4 Å². The highest BCUT2D eigenvalue weighted by atomic mass is 16.4. The standard InChI is InChI=1S/C38H74O4/c1-5-9-13-17-21-25-30-34(28-23-19-15-11-7-3)38(37(41)42,33-27-32-36(39)40)35(29-24-20-16-12-8-4)31-26-22-18-14-10-6-2/h34-35H,5-33H2,1-4H3,(H,39,40)(H,41,42). The zero-order chi connectivity index (χ0) is 31.3. The minimum Gasteiger partial charge on any atom is -0.481 e. The lowest BCUT2D eigenvalue weighted by Crippen LogP contribution is -2.45. The summed E-state index contributed by atoms with van der Waals surface area (Å²) in [4.78, 5) is 25.2. The molecule has 4 nitrogen and oxygen atoms in total. The molecule has 0 aromatic carbocycles. The highest BCUT2D eigenvalue weighted by molar-refractivity contribution is 5.76. The van der Waals surface area contributed by atoms with Crippen LogP contribution in [-0.4, -0.2) is 22.2 Å². The average molecular weight is 595 g/mol. The van der Waals surface area contributed by atoms with Crippen molar-refractivity contribution in [2.45, 2.75) is 214 Å². The molecular formula is C38H74O4. The first-order valence-electron chi connectivity index (χ1n) is 18.9. The summed E-state index contributed by atoms with van der Waals surface area (Å²) >= 11 is 0. The molecule has 2 atom stereocenters. The Morgan fingerprint density at radius 1 is 0.452 bits per heavy atom. The second-order valence-corrected chi connectivity index (χ2v) is 13.5. The van der Waals surface area contributed by atoms with E-state index in [9.17, 15) is 19.8 Å². The van der Waals surface area contributed by atoms with E-state index in [1.165, 1.54) is 116 Å². The van der Waals surface area contributed by atoms with E-state index in [0.717, 1.165) is 51.4 Å². The molecule has 2 N–H and O–H groups in total. The molecule has 2 unspecified atom stereocenters. The number of carboxylic acid groups (broad SMARTS) is 2. The molecule has 0 saturated heterocycles. The van der Waals surface area contributed by atoms with Gasteiger partial charge in [0.1, 0.15) is 0 Å². The fourth-order valence-electron chi connectivity index (χ4n) is 7.38. The largest absolute Gasteiger partial charge is 0.481 e. The van der Waals surface area contributed by atoms with Crippen molar-refractivity contribution in [2.75, 3.05) is 0 Å². The Morgan fingerprint density at radius 3 is 1.00 bits per heavy atom. The SMILES string of the molecule is CCCCCCCCC(CCCCCCC)C(CCCC(=O)O)(C(=O)O)C(CCCCCCC)CCCCCCCC. The molecule has 4 heteroatoms. The minimum atomic E-state index is -0.798. The van der Waals surface area contributed by atoms with Crippen molar-refractivity contribution in [3.8, 4) is 0 Å². The molecule has 0 bridgehead atoms. The number of carbonyl (C=O) groups is 2. The molecule has 0 aromatic heterocycles. The number of hydrogen-bond acceptors (Lipinski definition) is 2. The molecule has 42 heavy (non-hydrogen) atoms. The molecule has 0 aliphatic carbocycles. The molecule has 0 saturated carbocycles. The Labute approximate surface area is 262 Å². The Hall–Kier alpha value is -1.06. The van der Waals surface area contributed by atoms with Gasteiger partial charge >= 0.3 is 11.9 Å². The van der Waals surface area contributed by atoms with Gasteiger partial charge in [0.05, 0.1) is 5.41 Å². The van der Waals surface area contributed by atoms with Gasteiger partial charge in [0.25, 0.3) is 0 Å². The first-order valence-corrected chi connectivity index (χ1v) is 18.9. The number of hydrogen-bond donors (Lipinski definition) is 2. The van der Waals surface area contributed by atoms with E-state index in [1.54, 1.807) is 0 Å². The minimum absolute atomic E-state index is 0.0789. The summed E-state index contributed by atoms with van der Waals surface area (Å²) in [5, 5.41) is 20.7. The van der Waals surface area contributed by atoms with Gasteiger partial charge in [-0.3, -0.25) is 9.59 Å². The van der Waals surface area contributed by atoms with Crippen LogP contribution in [0.2, 0.25) is 0 Å². The van der Waals surface area contributed by atoms with Crippen LogP contribution in [0.1, 0.15) is 214 Å². The third-order valence-electron chi connectivity index (χ3n) is 9.96. The maximum absolute atomic E-state index is 13.7. The highest BCUT2D eigenvalue weighted by Gasteiger charge is 2.49. The van der Waals surface area contributed by atoms with Gasteiger partial charge in [-0.15, -0.1) is 0 Å². The van der Waals surface area contributed by atoms with Crippen LogP contribution in [0.25, 0.3) is 0 Å². The lowest BCUT2D eigenvalue weighted by Gasteiger charge is -2.44. The van der Waals surface area contributed by atoms with Gasteiger partial charge in [-0.25, -0.2) is 0 Å². The lowest BCUT2D eigenvalue weighted by molar-refractivity contribution is -0.161. The van der Waals surface area contributed by atoms with E-state index in [-0.39, 0.29) is 18.3 Å². The quantitative estimate of drug-likeness (QED) is 0.0741. The highest BCUT2D eigenvalue weighted by Crippen LogP contribution is 2.50. The molecule has 0 heterocycles. The second kappa shape index (κ2) is 28.7. The van der Waals surface area contributed by atoms with Crippen molar-refractivity contribution in [3.05, 3.63) is 0 Å². The van der Waals surface area contributed by atoms with Crippen molar-refractivity contribution in [2.24, 2.45) is 17.3 Å². The maximum atomic E-state index is 13.7. The van der Waals surface area contributed by atoms with Crippen molar-refractivity contribution < 1.29 is 19.8 Å². The van der Waals surface area contributed by atoms with E-state index in [1.807, 2.05) is 0 Å². The summed E-state index contributed by atoms with van der Waals surface area (Å²) in [6.45, 7) is 8.98. The molecule has 0 aliphatic rings. The van der Waals surface area contributed by atoms with Gasteiger partial charge in [-0.1, -0.05) is 169 Å². The third kappa shape index (κ3) is 19.3. The van der Waals surface area contributed by atoms with Gasteiger partial charge in [0.2, 0.25) is 0 Å². The van der Waals surface area contributed by atoms with Crippen LogP contribution in [-0.2, 0) is 9.59 Å². The molecule has 0 fully saturated rings. The number of unbranched alkanes of at least 4 members (excludes halogenated alkanes) is 18. The average Bonchev–Trinajstić information content (AvgIpc) is 2.96. The zero-order valence-electron chi connectivity index (χ0n) is 28.9. The van der Waals surface area contributed by atoms with Crippen LogP contribution < -0.4 is 0 Å². The summed E-state index contributed by atoms with van der Waals surface area (Å²) in [5.41, 5.74) is -0.794.